The van der Waals surface area contributed by atoms with E-state index in [-0.39, 0.29) is 5.41 Å². The van der Waals surface area contributed by atoms with E-state index in [2.05, 4.69) is 30.7 Å². The maximum atomic E-state index is 11.7. The highest BCUT2D eigenvalue weighted by molar-refractivity contribution is 5.67. The molecule has 0 radical (unpaired) electrons. The summed E-state index contributed by atoms with van der Waals surface area (Å²) in [6.45, 7) is 6.82. The molecule has 0 saturated carbocycles. The molecule has 1 unspecified atom stereocenters. The third kappa shape index (κ3) is 2.17. The van der Waals surface area contributed by atoms with Crippen molar-refractivity contribution in [3.05, 3.63) is 24.3 Å². The summed E-state index contributed by atoms with van der Waals surface area (Å²) in [5.41, 5.74) is 0.138. The lowest BCUT2D eigenvalue weighted by molar-refractivity contribution is -0.0297. The molecule has 1 N–H and O–H groups in total. The van der Waals surface area contributed by atoms with E-state index in [0.29, 0.717) is 6.54 Å². The fraction of sp³-hybridized carbons (Fsp3) is 0.643. The van der Waals surface area contributed by atoms with Crippen molar-refractivity contribution in [2.45, 2.75) is 45.6 Å². The van der Waals surface area contributed by atoms with Crippen molar-refractivity contribution in [2.75, 3.05) is 6.54 Å². The lowest BCUT2D eigenvalue weighted by Gasteiger charge is -2.53. The molecule has 0 aliphatic carbocycles. The van der Waals surface area contributed by atoms with E-state index >= 15 is 0 Å². The highest BCUT2D eigenvalue weighted by Gasteiger charge is 2.51. The van der Waals surface area contributed by atoms with E-state index in [1.165, 1.54) is 6.33 Å². The van der Waals surface area contributed by atoms with Gasteiger partial charge in [-0.25, -0.2) is 14.8 Å². The van der Waals surface area contributed by atoms with E-state index in [1.54, 1.807) is 17.3 Å². The number of piperidine rings is 1. The van der Waals surface area contributed by atoms with Crippen molar-refractivity contribution in [1.82, 2.24) is 14.9 Å². The first-order valence-corrected chi connectivity index (χ1v) is 6.65. The molecular formula is C14H21N3O2. The lowest BCUT2D eigenvalue weighted by atomic mass is 9.65. The maximum Gasteiger partial charge on any atom is 0.408 e. The normalized spacial score (nSPS) is 24.3. The number of carboxylic acid groups (broad SMARTS) is 1. The monoisotopic (exact) mass is 263 g/mol. The summed E-state index contributed by atoms with van der Waals surface area (Å²) >= 11 is 0. The number of amides is 1. The molecule has 1 amide bonds. The second-order valence-corrected chi connectivity index (χ2v) is 6.13. The van der Waals surface area contributed by atoms with Gasteiger partial charge in [0.15, 0.2) is 0 Å². The van der Waals surface area contributed by atoms with Gasteiger partial charge in [-0.3, -0.25) is 4.90 Å². The molecule has 1 saturated heterocycles. The number of hydrogen-bond acceptors (Lipinski definition) is 3. The van der Waals surface area contributed by atoms with Gasteiger partial charge in [0, 0.05) is 24.5 Å². The first-order chi connectivity index (χ1) is 8.89. The van der Waals surface area contributed by atoms with Gasteiger partial charge < -0.3 is 5.11 Å². The number of hydrogen-bond donors (Lipinski definition) is 1. The first kappa shape index (κ1) is 13.8. The number of likely N-dealkylation sites (tertiary alicyclic amines) is 1. The molecule has 1 fully saturated rings. The predicted octanol–water partition coefficient (Wildman–Crippen LogP) is 2.88. The minimum absolute atomic E-state index is 0.212. The summed E-state index contributed by atoms with van der Waals surface area (Å²) in [6, 6.07) is 0. The minimum atomic E-state index is -0.863. The van der Waals surface area contributed by atoms with Crippen molar-refractivity contribution >= 4 is 6.09 Å². The van der Waals surface area contributed by atoms with Crippen molar-refractivity contribution in [2.24, 2.45) is 5.41 Å². The molecule has 5 nitrogen and oxygen atoms in total. The summed E-state index contributed by atoms with van der Waals surface area (Å²) in [5, 5.41) is 9.58. The molecule has 1 aromatic rings. The van der Waals surface area contributed by atoms with Crippen LogP contribution in [0.4, 0.5) is 4.79 Å². The third-order valence-corrected chi connectivity index (χ3v) is 4.14. The Morgan fingerprint density at radius 2 is 1.95 bits per heavy atom. The smallest absolute Gasteiger partial charge is 0.408 e. The van der Waals surface area contributed by atoms with Crippen LogP contribution < -0.4 is 0 Å². The Balaban J connectivity index is 2.60. The first-order valence-electron chi connectivity index (χ1n) is 6.65. The van der Waals surface area contributed by atoms with Gasteiger partial charge in [-0.05, 0) is 24.7 Å². The third-order valence-electron chi connectivity index (χ3n) is 4.14. The fourth-order valence-corrected chi connectivity index (χ4v) is 3.26. The molecule has 5 heteroatoms. The molecule has 1 aromatic heterocycles. The number of carbonyl (C=O) groups is 1. The van der Waals surface area contributed by atoms with Crippen molar-refractivity contribution in [1.29, 1.82) is 0 Å². The zero-order chi connectivity index (χ0) is 14.1. The molecule has 1 aliphatic heterocycles. The standard InChI is InChI=1S/C14H21N3O2/c1-13(2,3)14(11-8-15-10-16-9-11)6-4-5-7-17(14)12(18)19/h8-10H,4-7H2,1-3H3,(H,18,19). The molecule has 2 heterocycles. The van der Waals surface area contributed by atoms with E-state index in [0.717, 1.165) is 24.8 Å². The Hall–Kier alpha value is -1.65. The van der Waals surface area contributed by atoms with E-state index in [1.807, 2.05) is 0 Å². The zero-order valence-electron chi connectivity index (χ0n) is 11.8. The number of aromatic nitrogens is 2. The van der Waals surface area contributed by atoms with Crippen LogP contribution in [-0.4, -0.2) is 32.6 Å². The van der Waals surface area contributed by atoms with E-state index in [9.17, 15) is 9.90 Å². The van der Waals surface area contributed by atoms with Crippen LogP contribution in [0, 0.1) is 5.41 Å². The van der Waals surface area contributed by atoms with Crippen molar-refractivity contribution < 1.29 is 9.90 Å². The average molecular weight is 263 g/mol. The second-order valence-electron chi connectivity index (χ2n) is 6.13. The van der Waals surface area contributed by atoms with Crippen LogP contribution in [0.2, 0.25) is 0 Å². The molecule has 1 atom stereocenters. The van der Waals surface area contributed by atoms with Crippen LogP contribution in [0.5, 0.6) is 0 Å². The molecule has 0 spiro atoms. The zero-order valence-corrected chi connectivity index (χ0v) is 11.8. The summed E-state index contributed by atoms with van der Waals surface area (Å²) in [6.07, 6.45) is 6.87. The molecule has 19 heavy (non-hydrogen) atoms. The Labute approximate surface area is 113 Å². The maximum absolute atomic E-state index is 11.7. The fourth-order valence-electron chi connectivity index (χ4n) is 3.26. The molecule has 1 aliphatic rings. The SMILES string of the molecule is CC(C)(C)C1(c2cncnc2)CCCCN1C(=O)O. The van der Waals surface area contributed by atoms with E-state index < -0.39 is 11.6 Å². The summed E-state index contributed by atoms with van der Waals surface area (Å²) in [7, 11) is 0. The Kier molecular flexibility index (Phi) is 3.47. The molecule has 104 valence electrons. The summed E-state index contributed by atoms with van der Waals surface area (Å²) in [5.74, 6) is 0. The summed E-state index contributed by atoms with van der Waals surface area (Å²) < 4.78 is 0. The van der Waals surface area contributed by atoms with Gasteiger partial charge in [-0.1, -0.05) is 20.8 Å². The summed E-state index contributed by atoms with van der Waals surface area (Å²) in [4.78, 5) is 21.4. The highest BCUT2D eigenvalue weighted by Crippen LogP contribution is 2.49. The minimum Gasteiger partial charge on any atom is -0.465 e. The molecular weight excluding hydrogens is 242 g/mol. The quantitative estimate of drug-likeness (QED) is 0.846. The van der Waals surface area contributed by atoms with Crippen LogP contribution in [0.3, 0.4) is 0 Å². The Morgan fingerprint density at radius 1 is 1.32 bits per heavy atom. The van der Waals surface area contributed by atoms with Gasteiger partial charge in [0.2, 0.25) is 0 Å². The van der Waals surface area contributed by atoms with Gasteiger partial charge in [0.05, 0.1) is 5.54 Å². The van der Waals surface area contributed by atoms with E-state index in [4.69, 9.17) is 0 Å². The van der Waals surface area contributed by atoms with Gasteiger partial charge in [-0.15, -0.1) is 0 Å². The largest absolute Gasteiger partial charge is 0.465 e. The predicted molar refractivity (Wildman–Crippen MR) is 71.7 cm³/mol. The molecule has 0 bridgehead atoms. The van der Waals surface area contributed by atoms with Crippen molar-refractivity contribution in [3.63, 3.8) is 0 Å². The van der Waals surface area contributed by atoms with Gasteiger partial charge >= 0.3 is 6.09 Å². The van der Waals surface area contributed by atoms with Crippen molar-refractivity contribution in [3.8, 4) is 0 Å². The Bertz CT molecular complexity index is 456. The number of nitrogens with zero attached hydrogens (tertiary/aromatic N) is 3. The second kappa shape index (κ2) is 4.79. The van der Waals surface area contributed by atoms with Crippen LogP contribution in [0.15, 0.2) is 18.7 Å². The lowest BCUT2D eigenvalue weighted by Crippen LogP contribution is -2.58. The van der Waals surface area contributed by atoms with Gasteiger partial charge in [0.25, 0.3) is 0 Å². The highest BCUT2D eigenvalue weighted by atomic mass is 16.4. The molecule has 0 aromatic carbocycles. The van der Waals surface area contributed by atoms with Crippen LogP contribution in [0.25, 0.3) is 0 Å². The average Bonchev–Trinajstić information content (AvgIpc) is 2.38. The molecule has 2 rings (SSSR count). The number of rotatable bonds is 1. The Morgan fingerprint density at radius 3 is 2.47 bits per heavy atom. The topological polar surface area (TPSA) is 66.3 Å². The van der Waals surface area contributed by atoms with Crippen LogP contribution in [0.1, 0.15) is 45.6 Å². The van der Waals surface area contributed by atoms with Crippen LogP contribution in [-0.2, 0) is 5.54 Å². The van der Waals surface area contributed by atoms with Crippen LogP contribution >= 0.6 is 0 Å². The van der Waals surface area contributed by atoms with Gasteiger partial charge in [-0.2, -0.15) is 0 Å². The van der Waals surface area contributed by atoms with Gasteiger partial charge in [0.1, 0.15) is 6.33 Å².